The number of amides is 5. The summed E-state index contributed by atoms with van der Waals surface area (Å²) in [6.45, 7) is 19.2. The Hall–Kier alpha value is -3.78. The molecule has 3 fully saturated rings. The molecule has 288 valence electrons. The summed E-state index contributed by atoms with van der Waals surface area (Å²) >= 11 is 0. The van der Waals surface area contributed by atoms with Crippen LogP contribution in [0.2, 0.25) is 0 Å². The van der Waals surface area contributed by atoms with E-state index in [1.54, 1.807) is 18.2 Å². The maximum Gasteiger partial charge on any atom is 0.315 e. The van der Waals surface area contributed by atoms with Crippen molar-refractivity contribution in [3.63, 3.8) is 0 Å². The van der Waals surface area contributed by atoms with Crippen LogP contribution in [-0.4, -0.2) is 98.0 Å². The molecule has 0 aromatic heterocycles. The number of carbonyl (C=O) groups is 5. The van der Waals surface area contributed by atoms with E-state index in [1.165, 1.54) is 34.5 Å². The van der Waals surface area contributed by atoms with Crippen LogP contribution in [0.15, 0.2) is 47.9 Å². The Labute approximate surface area is 309 Å². The molecule has 2 aliphatic carbocycles. The number of nitrogens with one attached hydrogen (secondary N) is 4. The fraction of sp³-hybridized carbons (Fsp3) is 0.658. The fourth-order valence-corrected chi connectivity index (χ4v) is 8.63. The maximum absolute atomic E-state index is 14.5. The second-order valence-corrected chi connectivity index (χ2v) is 19.4. The minimum Gasteiger partial charge on any atom is -0.346 e. The summed E-state index contributed by atoms with van der Waals surface area (Å²) < 4.78 is 27.8. The highest BCUT2D eigenvalue weighted by Gasteiger charge is 2.70. The molecular formula is C38H58N6O7S. The molecule has 1 saturated heterocycles. The summed E-state index contributed by atoms with van der Waals surface area (Å²) in [5.74, 6) is -2.72. The first-order chi connectivity index (χ1) is 24.0. The third kappa shape index (κ3) is 8.70. The number of Topliss-reactive ketones (excluding diaryl/α,β-unsaturated/α-hetero) is 1. The van der Waals surface area contributed by atoms with Crippen molar-refractivity contribution in [2.45, 2.75) is 104 Å². The van der Waals surface area contributed by atoms with Crippen LogP contribution >= 0.6 is 0 Å². The van der Waals surface area contributed by atoms with Gasteiger partial charge < -0.3 is 26.2 Å². The number of piperidine rings is 1. The Balaban J connectivity index is 1.53. The van der Waals surface area contributed by atoms with Crippen LogP contribution in [-0.2, 0) is 29.2 Å². The van der Waals surface area contributed by atoms with E-state index in [1.807, 2.05) is 41.5 Å². The van der Waals surface area contributed by atoms with Gasteiger partial charge in [-0.1, -0.05) is 86.1 Å². The van der Waals surface area contributed by atoms with Crippen molar-refractivity contribution in [2.24, 2.45) is 34.0 Å². The number of hydrogen-bond donors (Lipinski definition) is 4. The van der Waals surface area contributed by atoms with Gasteiger partial charge in [-0.05, 0) is 59.0 Å². The third-order valence-corrected chi connectivity index (χ3v) is 13.1. The number of hydrogen-bond acceptors (Lipinski definition) is 7. The Morgan fingerprint density at radius 2 is 1.60 bits per heavy atom. The van der Waals surface area contributed by atoms with Crippen LogP contribution < -0.4 is 21.3 Å². The minimum atomic E-state index is -3.84. The number of fused-ring (bicyclic) bond motifs is 1. The zero-order valence-electron chi connectivity index (χ0n) is 32.1. The Kier molecular flexibility index (Phi) is 12.1. The van der Waals surface area contributed by atoms with Crippen molar-refractivity contribution < 1.29 is 32.4 Å². The molecule has 1 aromatic carbocycles. The van der Waals surface area contributed by atoms with Gasteiger partial charge in [0.25, 0.3) is 5.91 Å². The largest absolute Gasteiger partial charge is 0.346 e. The van der Waals surface area contributed by atoms with Crippen molar-refractivity contribution in [3.05, 3.63) is 43.0 Å². The van der Waals surface area contributed by atoms with E-state index in [0.717, 1.165) is 6.42 Å². The molecule has 13 nitrogen and oxygen atoms in total. The van der Waals surface area contributed by atoms with E-state index in [9.17, 15) is 32.4 Å². The molecule has 3 aliphatic rings. The van der Waals surface area contributed by atoms with Crippen LogP contribution in [0.4, 0.5) is 4.79 Å². The zero-order chi connectivity index (χ0) is 39.0. The summed E-state index contributed by atoms with van der Waals surface area (Å²) in [5, 5.41) is 11.2. The SMILES string of the molecule is C=CCNC(=O)C(=O)C(NC(=O)[C@@H]1[C@@H]2[C@H](CN1C(=O)[C@@H](NC(=O)N[C@H](CN(C)S(=O)(=O)c1ccccc1)C(C)(C)C)C(C)(C)C)C2(C)C)C1CCC1. The molecule has 5 amide bonds. The van der Waals surface area contributed by atoms with Crippen LogP contribution in [0.3, 0.4) is 0 Å². The zero-order valence-corrected chi connectivity index (χ0v) is 32.9. The topological polar surface area (TPSA) is 174 Å². The Bertz CT molecular complexity index is 1650. The molecule has 4 rings (SSSR count). The van der Waals surface area contributed by atoms with Crippen LogP contribution in [0.1, 0.15) is 74.7 Å². The third-order valence-electron chi connectivity index (χ3n) is 11.2. The fourth-order valence-electron chi connectivity index (χ4n) is 7.42. The number of likely N-dealkylation sites (tertiary alicyclic amines) is 1. The highest BCUT2D eigenvalue weighted by atomic mass is 32.2. The lowest BCUT2D eigenvalue weighted by Gasteiger charge is -2.39. The molecule has 6 atom stereocenters. The van der Waals surface area contributed by atoms with Crippen molar-refractivity contribution in [3.8, 4) is 0 Å². The van der Waals surface area contributed by atoms with Crippen LogP contribution in [0.5, 0.6) is 0 Å². The smallest absolute Gasteiger partial charge is 0.315 e. The maximum atomic E-state index is 14.5. The Morgan fingerprint density at radius 3 is 2.12 bits per heavy atom. The van der Waals surface area contributed by atoms with E-state index in [2.05, 4.69) is 41.7 Å². The van der Waals surface area contributed by atoms with Crippen molar-refractivity contribution in [1.82, 2.24) is 30.5 Å². The summed E-state index contributed by atoms with van der Waals surface area (Å²) in [5.41, 5.74) is -1.57. The monoisotopic (exact) mass is 742 g/mol. The Morgan fingerprint density at radius 1 is 0.981 bits per heavy atom. The van der Waals surface area contributed by atoms with Crippen LogP contribution in [0, 0.1) is 34.0 Å². The number of carbonyl (C=O) groups excluding carboxylic acids is 5. The predicted octanol–water partition coefficient (Wildman–Crippen LogP) is 3.07. The summed E-state index contributed by atoms with van der Waals surface area (Å²) in [4.78, 5) is 69.9. The first kappa shape index (κ1) is 41.0. The van der Waals surface area contributed by atoms with E-state index in [-0.39, 0.29) is 41.2 Å². The molecule has 4 N–H and O–H groups in total. The van der Waals surface area contributed by atoms with Gasteiger partial charge >= 0.3 is 6.03 Å². The van der Waals surface area contributed by atoms with E-state index in [0.29, 0.717) is 19.4 Å². The molecule has 0 spiro atoms. The number of benzene rings is 1. The minimum absolute atomic E-state index is 0.0262. The normalized spacial score (nSPS) is 23.0. The molecular weight excluding hydrogens is 685 g/mol. The second-order valence-electron chi connectivity index (χ2n) is 17.4. The first-order valence-electron chi connectivity index (χ1n) is 18.2. The number of urea groups is 1. The highest BCUT2D eigenvalue weighted by molar-refractivity contribution is 7.89. The number of nitrogens with zero attached hydrogens (tertiary/aromatic N) is 2. The lowest BCUT2D eigenvalue weighted by atomic mass is 9.77. The average Bonchev–Trinajstić information content (AvgIpc) is 3.34. The first-order valence-corrected chi connectivity index (χ1v) is 19.6. The van der Waals surface area contributed by atoms with Gasteiger partial charge in [0.1, 0.15) is 18.1 Å². The summed E-state index contributed by atoms with van der Waals surface area (Å²) in [6, 6.07) is 3.80. The van der Waals surface area contributed by atoms with E-state index in [4.69, 9.17) is 0 Å². The molecule has 1 heterocycles. The average molecular weight is 743 g/mol. The van der Waals surface area contributed by atoms with Gasteiger partial charge in [-0.25, -0.2) is 13.2 Å². The van der Waals surface area contributed by atoms with Crippen molar-refractivity contribution >= 4 is 39.6 Å². The summed E-state index contributed by atoms with van der Waals surface area (Å²) in [6.07, 6.45) is 3.76. The van der Waals surface area contributed by atoms with Gasteiger partial charge in [-0.2, -0.15) is 4.31 Å². The van der Waals surface area contributed by atoms with Gasteiger partial charge in [0, 0.05) is 32.7 Å². The highest BCUT2D eigenvalue weighted by Crippen LogP contribution is 2.65. The van der Waals surface area contributed by atoms with Gasteiger partial charge in [0.2, 0.25) is 27.6 Å². The van der Waals surface area contributed by atoms with Gasteiger partial charge in [-0.15, -0.1) is 6.58 Å². The molecule has 1 aromatic rings. The van der Waals surface area contributed by atoms with Crippen molar-refractivity contribution in [2.75, 3.05) is 26.7 Å². The quantitative estimate of drug-likeness (QED) is 0.168. The lowest BCUT2D eigenvalue weighted by molar-refractivity contribution is -0.146. The number of rotatable bonds is 14. The van der Waals surface area contributed by atoms with E-state index >= 15 is 0 Å². The van der Waals surface area contributed by atoms with Crippen molar-refractivity contribution in [1.29, 1.82) is 0 Å². The number of ketones is 1. The standard InChI is InChI=1S/C38H58N6O7S/c1-11-20-39-33(47)30(45)28(23-16-15-17-23)41-32(46)29-27-25(38(27,8)9)21-44(29)34(48)31(37(5,6)7)42-35(49)40-26(36(2,3)4)22-43(10)52(50,51)24-18-13-12-14-19-24/h11-14,18-19,23,25-29,31H,1,15-17,20-22H2,2-10H3,(H,39,47)(H,41,46)(H2,40,42,49)/t25-,26+,27-,28?,29-,31+/m0/s1. The number of sulfonamides is 1. The predicted molar refractivity (Wildman–Crippen MR) is 198 cm³/mol. The molecule has 1 unspecified atom stereocenters. The van der Waals surface area contributed by atoms with E-state index < -0.39 is 74.6 Å². The lowest BCUT2D eigenvalue weighted by Crippen LogP contribution is -2.63. The van der Waals surface area contributed by atoms with Gasteiger partial charge in [0.05, 0.1) is 4.90 Å². The molecule has 0 radical (unpaired) electrons. The van der Waals surface area contributed by atoms with Gasteiger partial charge in [0.15, 0.2) is 0 Å². The molecule has 1 aliphatic heterocycles. The molecule has 2 saturated carbocycles. The van der Waals surface area contributed by atoms with Gasteiger partial charge in [-0.3, -0.25) is 19.2 Å². The van der Waals surface area contributed by atoms with Crippen LogP contribution in [0.25, 0.3) is 0 Å². The summed E-state index contributed by atoms with van der Waals surface area (Å²) in [7, 11) is -2.37. The molecule has 14 heteroatoms. The second kappa shape index (κ2) is 15.3. The molecule has 0 bridgehead atoms. The molecule has 52 heavy (non-hydrogen) atoms. The number of likely N-dealkylation sites (N-methyl/N-ethyl adjacent to an activating group) is 1.